The Morgan fingerprint density at radius 1 is 1.48 bits per heavy atom. The van der Waals surface area contributed by atoms with Crippen LogP contribution in [0.25, 0.3) is 0 Å². The Morgan fingerprint density at radius 2 is 2.26 bits per heavy atom. The van der Waals surface area contributed by atoms with Gasteiger partial charge in [0.25, 0.3) is 0 Å². The van der Waals surface area contributed by atoms with Crippen molar-refractivity contribution in [2.45, 2.75) is 25.4 Å². The van der Waals surface area contributed by atoms with E-state index in [-0.39, 0.29) is 11.4 Å². The van der Waals surface area contributed by atoms with Gasteiger partial charge in [-0.25, -0.2) is 0 Å². The lowest BCUT2D eigenvalue weighted by Gasteiger charge is -2.05. The molecule has 0 aliphatic rings. The third-order valence-electron chi connectivity index (χ3n) is 2.91. The first-order chi connectivity index (χ1) is 11.1. The van der Waals surface area contributed by atoms with Crippen LogP contribution in [0.5, 0.6) is 5.75 Å². The number of aryl methyl sites for hydroxylation is 1. The molecule has 1 aromatic carbocycles. The van der Waals surface area contributed by atoms with Crippen molar-refractivity contribution < 1.29 is 9.66 Å². The third kappa shape index (κ3) is 4.07. The SMILES string of the molecule is CCCOc1ccc(/C=N\n2c(C)nnc2SC)cc1[N+](=O)[O-]. The van der Waals surface area contributed by atoms with E-state index < -0.39 is 4.92 Å². The average Bonchev–Trinajstić information content (AvgIpc) is 2.91. The highest BCUT2D eigenvalue weighted by molar-refractivity contribution is 7.98. The van der Waals surface area contributed by atoms with E-state index in [1.54, 1.807) is 23.7 Å². The van der Waals surface area contributed by atoms with E-state index in [0.29, 0.717) is 23.2 Å². The van der Waals surface area contributed by atoms with E-state index in [1.807, 2.05) is 13.2 Å². The largest absolute Gasteiger partial charge is 0.487 e. The first-order valence-corrected chi connectivity index (χ1v) is 8.21. The molecule has 0 saturated heterocycles. The zero-order chi connectivity index (χ0) is 16.8. The maximum absolute atomic E-state index is 11.2. The molecule has 0 bridgehead atoms. The minimum atomic E-state index is -0.459. The highest BCUT2D eigenvalue weighted by Crippen LogP contribution is 2.27. The van der Waals surface area contributed by atoms with Gasteiger partial charge in [-0.3, -0.25) is 10.1 Å². The number of nitro benzene ring substituents is 1. The van der Waals surface area contributed by atoms with Gasteiger partial charge in [-0.2, -0.15) is 9.78 Å². The minimum absolute atomic E-state index is 0.0760. The van der Waals surface area contributed by atoms with Crippen LogP contribution in [0, 0.1) is 17.0 Å². The van der Waals surface area contributed by atoms with Gasteiger partial charge >= 0.3 is 5.69 Å². The molecule has 23 heavy (non-hydrogen) atoms. The van der Waals surface area contributed by atoms with Gasteiger partial charge in [0.2, 0.25) is 5.16 Å². The van der Waals surface area contributed by atoms with Crippen LogP contribution in [-0.2, 0) is 0 Å². The fourth-order valence-corrected chi connectivity index (χ4v) is 2.29. The second kappa shape index (κ2) is 7.73. The molecule has 0 spiro atoms. The monoisotopic (exact) mass is 335 g/mol. The highest BCUT2D eigenvalue weighted by atomic mass is 32.2. The molecule has 1 heterocycles. The maximum atomic E-state index is 11.2. The molecule has 122 valence electrons. The summed E-state index contributed by atoms with van der Waals surface area (Å²) in [5.41, 5.74) is 0.522. The van der Waals surface area contributed by atoms with Crippen LogP contribution in [0.15, 0.2) is 28.5 Å². The van der Waals surface area contributed by atoms with Crippen molar-refractivity contribution in [1.82, 2.24) is 14.9 Å². The zero-order valence-corrected chi connectivity index (χ0v) is 13.9. The van der Waals surface area contributed by atoms with Crippen LogP contribution in [0.3, 0.4) is 0 Å². The standard InChI is InChI=1S/C14H17N5O3S/c1-4-7-22-13-6-5-11(8-12(13)19(20)21)9-15-18-10(2)16-17-14(18)23-3/h5-6,8-9H,4,7H2,1-3H3/b15-9-. The van der Waals surface area contributed by atoms with Gasteiger partial charge in [0.15, 0.2) is 11.6 Å². The summed E-state index contributed by atoms with van der Waals surface area (Å²) < 4.78 is 6.98. The third-order valence-corrected chi connectivity index (χ3v) is 3.53. The summed E-state index contributed by atoms with van der Waals surface area (Å²) in [6.07, 6.45) is 4.19. The Labute approximate surface area is 137 Å². The van der Waals surface area contributed by atoms with Crippen LogP contribution in [0.4, 0.5) is 5.69 Å². The number of rotatable bonds is 7. The van der Waals surface area contributed by atoms with Crippen molar-refractivity contribution in [2.75, 3.05) is 12.9 Å². The van der Waals surface area contributed by atoms with Gasteiger partial charge < -0.3 is 4.74 Å². The van der Waals surface area contributed by atoms with Crippen LogP contribution in [-0.4, -0.2) is 38.9 Å². The van der Waals surface area contributed by atoms with E-state index in [9.17, 15) is 10.1 Å². The number of hydrogen-bond donors (Lipinski definition) is 0. The number of hydrogen-bond acceptors (Lipinski definition) is 7. The van der Waals surface area contributed by atoms with Crippen LogP contribution in [0.2, 0.25) is 0 Å². The second-order valence-electron chi connectivity index (χ2n) is 4.62. The number of thioether (sulfide) groups is 1. The molecule has 0 saturated carbocycles. The number of benzene rings is 1. The van der Waals surface area contributed by atoms with Crippen molar-refractivity contribution in [3.05, 3.63) is 39.7 Å². The lowest BCUT2D eigenvalue weighted by molar-refractivity contribution is -0.385. The predicted molar refractivity (Wildman–Crippen MR) is 88.4 cm³/mol. The molecule has 0 aliphatic heterocycles. The summed E-state index contributed by atoms with van der Waals surface area (Å²) in [6.45, 7) is 4.16. The summed E-state index contributed by atoms with van der Waals surface area (Å²) in [7, 11) is 0. The van der Waals surface area contributed by atoms with Gasteiger partial charge in [0.05, 0.1) is 17.7 Å². The number of nitrogens with zero attached hydrogens (tertiary/aromatic N) is 5. The number of aromatic nitrogens is 3. The van der Waals surface area contributed by atoms with E-state index in [1.165, 1.54) is 24.0 Å². The van der Waals surface area contributed by atoms with Gasteiger partial charge in [0, 0.05) is 11.6 Å². The Balaban J connectivity index is 2.29. The Bertz CT molecular complexity index is 729. The number of ether oxygens (including phenoxy) is 1. The summed E-state index contributed by atoms with van der Waals surface area (Å²) in [6, 6.07) is 4.75. The molecular weight excluding hydrogens is 318 g/mol. The first-order valence-electron chi connectivity index (χ1n) is 6.98. The Kier molecular flexibility index (Phi) is 5.69. The Hall–Kier alpha value is -2.42. The minimum Gasteiger partial charge on any atom is -0.487 e. The topological polar surface area (TPSA) is 95.4 Å². The normalized spacial score (nSPS) is 11.1. The molecular formula is C14H17N5O3S. The number of nitro groups is 1. The highest BCUT2D eigenvalue weighted by Gasteiger charge is 2.15. The molecule has 0 radical (unpaired) electrons. The summed E-state index contributed by atoms with van der Waals surface area (Å²) in [5.74, 6) is 0.905. The molecule has 0 amide bonds. The maximum Gasteiger partial charge on any atom is 0.311 e. The van der Waals surface area contributed by atoms with Crippen molar-refractivity contribution in [2.24, 2.45) is 5.10 Å². The smallest absolute Gasteiger partial charge is 0.311 e. The molecule has 2 rings (SSSR count). The van der Waals surface area contributed by atoms with E-state index in [0.717, 1.165) is 6.42 Å². The predicted octanol–water partition coefficient (Wildman–Crippen LogP) is 2.89. The lowest BCUT2D eigenvalue weighted by Crippen LogP contribution is -2.01. The molecule has 8 nitrogen and oxygen atoms in total. The van der Waals surface area contributed by atoms with Gasteiger partial charge in [-0.05, 0) is 31.7 Å². The van der Waals surface area contributed by atoms with Gasteiger partial charge in [0.1, 0.15) is 0 Å². The molecule has 1 aromatic heterocycles. The van der Waals surface area contributed by atoms with E-state index >= 15 is 0 Å². The summed E-state index contributed by atoms with van der Waals surface area (Å²) in [4.78, 5) is 10.7. The first kappa shape index (κ1) is 16.9. The molecule has 9 heteroatoms. The average molecular weight is 335 g/mol. The van der Waals surface area contributed by atoms with E-state index in [2.05, 4.69) is 15.3 Å². The Morgan fingerprint density at radius 3 is 2.91 bits per heavy atom. The second-order valence-corrected chi connectivity index (χ2v) is 5.40. The van der Waals surface area contributed by atoms with Gasteiger partial charge in [-0.1, -0.05) is 18.7 Å². The van der Waals surface area contributed by atoms with Crippen molar-refractivity contribution in [3.8, 4) is 5.75 Å². The van der Waals surface area contributed by atoms with Crippen LogP contribution >= 0.6 is 11.8 Å². The molecule has 0 N–H and O–H groups in total. The fourth-order valence-electron chi connectivity index (χ4n) is 1.81. The quantitative estimate of drug-likeness (QED) is 0.334. The van der Waals surface area contributed by atoms with Crippen LogP contribution in [0.1, 0.15) is 24.7 Å². The molecule has 2 aromatic rings. The summed E-state index contributed by atoms with van der Waals surface area (Å²) >= 11 is 1.42. The van der Waals surface area contributed by atoms with Crippen LogP contribution < -0.4 is 4.74 Å². The van der Waals surface area contributed by atoms with Crippen molar-refractivity contribution in [1.29, 1.82) is 0 Å². The van der Waals surface area contributed by atoms with Crippen molar-refractivity contribution in [3.63, 3.8) is 0 Å². The fraction of sp³-hybridized carbons (Fsp3) is 0.357. The molecule has 0 fully saturated rings. The molecule has 0 aliphatic carbocycles. The molecule has 0 unspecified atom stereocenters. The van der Waals surface area contributed by atoms with E-state index in [4.69, 9.17) is 4.74 Å². The van der Waals surface area contributed by atoms with Gasteiger partial charge in [-0.15, -0.1) is 10.2 Å². The zero-order valence-electron chi connectivity index (χ0n) is 13.1. The van der Waals surface area contributed by atoms with Crippen molar-refractivity contribution >= 4 is 23.7 Å². The lowest BCUT2D eigenvalue weighted by atomic mass is 10.2. The summed E-state index contributed by atoms with van der Waals surface area (Å²) in [5, 5.41) is 24.0. The molecule has 0 atom stereocenters.